The second kappa shape index (κ2) is 5.79. The summed E-state index contributed by atoms with van der Waals surface area (Å²) in [5.41, 5.74) is 0. The summed E-state index contributed by atoms with van der Waals surface area (Å²) in [4.78, 5) is 0. The van der Waals surface area contributed by atoms with Gasteiger partial charge in [-0.3, -0.25) is 0 Å². The van der Waals surface area contributed by atoms with Crippen molar-refractivity contribution < 1.29 is 23.4 Å². The van der Waals surface area contributed by atoms with Crippen LogP contribution in [-0.4, -0.2) is 42.8 Å². The number of para-hydroxylation sites is 2. The van der Waals surface area contributed by atoms with Crippen molar-refractivity contribution >= 4 is 9.84 Å². The number of phenolic OH excluding ortho intramolecular Hbond substituents is 1. The molecule has 19 heavy (non-hydrogen) atoms. The Balaban J connectivity index is 1.85. The van der Waals surface area contributed by atoms with Crippen molar-refractivity contribution in [3.63, 3.8) is 0 Å². The van der Waals surface area contributed by atoms with Crippen molar-refractivity contribution in [2.24, 2.45) is 5.92 Å². The molecule has 2 rings (SSSR count). The Bertz CT molecular complexity index is 512. The molecule has 106 valence electrons. The largest absolute Gasteiger partial charge is 0.504 e. The maximum Gasteiger partial charge on any atom is 0.161 e. The smallest absolute Gasteiger partial charge is 0.161 e. The van der Waals surface area contributed by atoms with Crippen LogP contribution in [0.2, 0.25) is 0 Å². The molecule has 0 radical (unpaired) electrons. The number of aliphatic hydroxyl groups excluding tert-OH is 1. The van der Waals surface area contributed by atoms with E-state index in [0.717, 1.165) is 0 Å². The monoisotopic (exact) mass is 286 g/mol. The molecule has 1 unspecified atom stereocenters. The van der Waals surface area contributed by atoms with E-state index in [1.54, 1.807) is 18.2 Å². The first-order valence-electron chi connectivity index (χ1n) is 6.27. The van der Waals surface area contributed by atoms with Gasteiger partial charge in [-0.05, 0) is 30.9 Å². The van der Waals surface area contributed by atoms with Gasteiger partial charge in [0, 0.05) is 0 Å². The van der Waals surface area contributed by atoms with E-state index < -0.39 is 15.9 Å². The molecule has 1 aliphatic heterocycles. The summed E-state index contributed by atoms with van der Waals surface area (Å²) in [5, 5.41) is 19.5. The van der Waals surface area contributed by atoms with Crippen LogP contribution < -0.4 is 4.74 Å². The van der Waals surface area contributed by atoms with Gasteiger partial charge in [0.2, 0.25) is 0 Å². The summed E-state index contributed by atoms with van der Waals surface area (Å²) in [6, 6.07) is 6.54. The van der Waals surface area contributed by atoms with Crippen LogP contribution in [-0.2, 0) is 9.84 Å². The maximum absolute atomic E-state index is 11.3. The fourth-order valence-corrected chi connectivity index (χ4v) is 3.71. The standard InChI is InChI=1S/C13H18O5S/c14-11-3-1-2-4-13(11)18-9-12(15)10-5-7-19(16,17)8-6-10/h1-4,10,12,14-15H,5-9H2. The average Bonchev–Trinajstić information content (AvgIpc) is 2.37. The van der Waals surface area contributed by atoms with Gasteiger partial charge in [0.1, 0.15) is 16.4 Å². The SMILES string of the molecule is O=S1(=O)CCC(C(O)COc2ccccc2O)CC1. The summed E-state index contributed by atoms with van der Waals surface area (Å²) in [5.74, 6) is 0.552. The Hall–Kier alpha value is -1.27. The molecule has 0 bridgehead atoms. The molecule has 2 N–H and O–H groups in total. The molecule has 0 saturated carbocycles. The molecule has 1 saturated heterocycles. The summed E-state index contributed by atoms with van der Waals surface area (Å²) in [6.07, 6.45) is 0.219. The van der Waals surface area contributed by atoms with Crippen molar-refractivity contribution in [1.29, 1.82) is 0 Å². The number of hydrogen-bond acceptors (Lipinski definition) is 5. The molecule has 6 heteroatoms. The highest BCUT2D eigenvalue weighted by Crippen LogP contribution is 2.26. The van der Waals surface area contributed by atoms with E-state index in [4.69, 9.17) is 4.74 Å². The summed E-state index contributed by atoms with van der Waals surface area (Å²) in [7, 11) is -2.91. The van der Waals surface area contributed by atoms with Crippen molar-refractivity contribution in [2.45, 2.75) is 18.9 Å². The maximum atomic E-state index is 11.3. The van der Waals surface area contributed by atoms with E-state index >= 15 is 0 Å². The van der Waals surface area contributed by atoms with E-state index in [-0.39, 0.29) is 29.8 Å². The van der Waals surface area contributed by atoms with Gasteiger partial charge in [0.05, 0.1) is 17.6 Å². The zero-order valence-electron chi connectivity index (χ0n) is 10.5. The normalized spacial score (nSPS) is 20.9. The van der Waals surface area contributed by atoms with Gasteiger partial charge in [-0.15, -0.1) is 0 Å². The van der Waals surface area contributed by atoms with Crippen LogP contribution >= 0.6 is 0 Å². The first kappa shape index (κ1) is 14.1. The Morgan fingerprint density at radius 2 is 1.89 bits per heavy atom. The molecule has 5 nitrogen and oxygen atoms in total. The fraction of sp³-hybridized carbons (Fsp3) is 0.538. The number of aliphatic hydroxyl groups is 1. The van der Waals surface area contributed by atoms with E-state index in [1.165, 1.54) is 6.07 Å². The van der Waals surface area contributed by atoms with Gasteiger partial charge in [-0.2, -0.15) is 0 Å². The number of aromatic hydroxyl groups is 1. The lowest BCUT2D eigenvalue weighted by Gasteiger charge is -2.26. The highest BCUT2D eigenvalue weighted by atomic mass is 32.2. The molecule has 1 heterocycles. The van der Waals surface area contributed by atoms with Crippen molar-refractivity contribution in [1.82, 2.24) is 0 Å². The second-order valence-electron chi connectivity index (χ2n) is 4.84. The van der Waals surface area contributed by atoms with Crippen LogP contribution in [0.15, 0.2) is 24.3 Å². The summed E-state index contributed by atoms with van der Waals surface area (Å²) in [6.45, 7) is 0.0578. The Kier molecular flexibility index (Phi) is 4.31. The Labute approximate surface area is 112 Å². The minimum Gasteiger partial charge on any atom is -0.504 e. The van der Waals surface area contributed by atoms with E-state index in [0.29, 0.717) is 18.6 Å². The van der Waals surface area contributed by atoms with Crippen LogP contribution in [0.1, 0.15) is 12.8 Å². The van der Waals surface area contributed by atoms with Crippen molar-refractivity contribution in [3.8, 4) is 11.5 Å². The van der Waals surface area contributed by atoms with E-state index in [1.807, 2.05) is 0 Å². The number of benzene rings is 1. The average molecular weight is 286 g/mol. The zero-order valence-corrected chi connectivity index (χ0v) is 11.3. The Morgan fingerprint density at radius 3 is 2.53 bits per heavy atom. The highest BCUT2D eigenvalue weighted by Gasteiger charge is 2.28. The lowest BCUT2D eigenvalue weighted by molar-refractivity contribution is 0.0519. The number of sulfone groups is 1. The predicted molar refractivity (Wildman–Crippen MR) is 71.0 cm³/mol. The third-order valence-corrected chi connectivity index (χ3v) is 5.13. The first-order chi connectivity index (χ1) is 8.98. The van der Waals surface area contributed by atoms with Gasteiger partial charge in [0.15, 0.2) is 11.5 Å². The van der Waals surface area contributed by atoms with Crippen LogP contribution in [0.3, 0.4) is 0 Å². The lowest BCUT2D eigenvalue weighted by Crippen LogP contribution is -2.34. The number of ether oxygens (including phenoxy) is 1. The zero-order chi connectivity index (χ0) is 13.9. The quantitative estimate of drug-likeness (QED) is 0.861. The lowest BCUT2D eigenvalue weighted by atomic mass is 9.96. The number of phenols is 1. The van der Waals surface area contributed by atoms with Gasteiger partial charge in [-0.1, -0.05) is 12.1 Å². The van der Waals surface area contributed by atoms with E-state index in [2.05, 4.69) is 0 Å². The molecule has 1 aliphatic rings. The van der Waals surface area contributed by atoms with E-state index in [9.17, 15) is 18.6 Å². The van der Waals surface area contributed by atoms with Gasteiger partial charge >= 0.3 is 0 Å². The molecule has 1 aromatic carbocycles. The summed E-state index contributed by atoms with van der Waals surface area (Å²) >= 11 is 0. The van der Waals surface area contributed by atoms with Crippen LogP contribution in [0.4, 0.5) is 0 Å². The van der Waals surface area contributed by atoms with Gasteiger partial charge in [-0.25, -0.2) is 8.42 Å². The minimum absolute atomic E-state index is 0.0286. The van der Waals surface area contributed by atoms with Crippen molar-refractivity contribution in [3.05, 3.63) is 24.3 Å². The summed E-state index contributed by atoms with van der Waals surface area (Å²) < 4.78 is 27.9. The third kappa shape index (κ3) is 3.84. The molecule has 0 amide bonds. The molecular weight excluding hydrogens is 268 g/mol. The fourth-order valence-electron chi connectivity index (χ4n) is 2.18. The molecule has 0 aromatic heterocycles. The molecule has 0 aliphatic carbocycles. The molecular formula is C13H18O5S. The second-order valence-corrected chi connectivity index (χ2v) is 7.14. The Morgan fingerprint density at radius 1 is 1.26 bits per heavy atom. The number of hydrogen-bond donors (Lipinski definition) is 2. The topological polar surface area (TPSA) is 83.8 Å². The first-order valence-corrected chi connectivity index (χ1v) is 8.09. The minimum atomic E-state index is -2.91. The molecule has 0 spiro atoms. The molecule has 1 fully saturated rings. The van der Waals surface area contributed by atoms with Crippen LogP contribution in [0.25, 0.3) is 0 Å². The van der Waals surface area contributed by atoms with Crippen molar-refractivity contribution in [2.75, 3.05) is 18.1 Å². The molecule has 1 aromatic rings. The third-order valence-electron chi connectivity index (χ3n) is 3.42. The molecule has 1 atom stereocenters. The van der Waals surface area contributed by atoms with Crippen LogP contribution in [0, 0.1) is 5.92 Å². The van der Waals surface area contributed by atoms with Gasteiger partial charge < -0.3 is 14.9 Å². The van der Waals surface area contributed by atoms with Gasteiger partial charge in [0.25, 0.3) is 0 Å². The predicted octanol–water partition coefficient (Wildman–Crippen LogP) is 0.957. The van der Waals surface area contributed by atoms with Crippen LogP contribution in [0.5, 0.6) is 11.5 Å². The highest BCUT2D eigenvalue weighted by molar-refractivity contribution is 7.91. The number of rotatable bonds is 4.